The third-order valence-electron chi connectivity index (χ3n) is 1.74. The molecule has 1 heterocycles. The zero-order valence-electron chi connectivity index (χ0n) is 6.58. The van der Waals surface area contributed by atoms with Gasteiger partial charge in [0.2, 0.25) is 0 Å². The van der Waals surface area contributed by atoms with Crippen LogP contribution < -0.4 is 0 Å². The molecule has 10 heavy (non-hydrogen) atoms. The molecule has 1 fully saturated rings. The van der Waals surface area contributed by atoms with Gasteiger partial charge in [0, 0.05) is 12.6 Å². The standard InChI is InChI=1S/C7H15NO2/c1-6-4-10-5-8(6)3-7(2)9/h6-7,9H,3-5H2,1-2H3. The van der Waals surface area contributed by atoms with Gasteiger partial charge >= 0.3 is 0 Å². The molecule has 1 aliphatic rings. The predicted octanol–water partition coefficient (Wildman–Crippen LogP) is 0.0454. The van der Waals surface area contributed by atoms with Crippen molar-refractivity contribution in [2.24, 2.45) is 0 Å². The summed E-state index contributed by atoms with van der Waals surface area (Å²) < 4.78 is 5.19. The first kappa shape index (κ1) is 7.98. The van der Waals surface area contributed by atoms with Crippen molar-refractivity contribution >= 4 is 0 Å². The largest absolute Gasteiger partial charge is 0.392 e. The van der Waals surface area contributed by atoms with Crippen LogP contribution in [0.2, 0.25) is 0 Å². The lowest BCUT2D eigenvalue weighted by atomic mass is 10.3. The van der Waals surface area contributed by atoms with Gasteiger partial charge in [-0.2, -0.15) is 0 Å². The third-order valence-corrected chi connectivity index (χ3v) is 1.74. The second kappa shape index (κ2) is 3.32. The van der Waals surface area contributed by atoms with Crippen molar-refractivity contribution in [2.45, 2.75) is 26.0 Å². The van der Waals surface area contributed by atoms with Crippen molar-refractivity contribution in [1.82, 2.24) is 4.90 Å². The average Bonchev–Trinajstić information content (AvgIpc) is 2.15. The van der Waals surface area contributed by atoms with Crippen LogP contribution in [0.5, 0.6) is 0 Å². The van der Waals surface area contributed by atoms with Crippen LogP contribution in [0.15, 0.2) is 0 Å². The molecule has 0 aromatic rings. The fourth-order valence-corrected chi connectivity index (χ4v) is 1.15. The highest BCUT2D eigenvalue weighted by atomic mass is 16.5. The predicted molar refractivity (Wildman–Crippen MR) is 38.7 cm³/mol. The Morgan fingerprint density at radius 1 is 1.80 bits per heavy atom. The minimum Gasteiger partial charge on any atom is -0.392 e. The quantitative estimate of drug-likeness (QED) is 0.595. The van der Waals surface area contributed by atoms with E-state index in [-0.39, 0.29) is 6.10 Å². The van der Waals surface area contributed by atoms with E-state index in [4.69, 9.17) is 9.84 Å². The maximum atomic E-state index is 9.03. The minimum absolute atomic E-state index is 0.246. The Bertz CT molecular complexity index is 106. The molecule has 0 radical (unpaired) electrons. The summed E-state index contributed by atoms with van der Waals surface area (Å²) in [6.45, 7) is 6.10. The number of β-amino-alcohol motifs (C(OH)–C–C–N with tert-alkyl or cyclic N) is 1. The van der Waals surface area contributed by atoms with Gasteiger partial charge in [-0.3, -0.25) is 4.90 Å². The second-order valence-corrected chi connectivity index (χ2v) is 2.97. The summed E-state index contributed by atoms with van der Waals surface area (Å²) in [5.74, 6) is 0. The fourth-order valence-electron chi connectivity index (χ4n) is 1.15. The summed E-state index contributed by atoms with van der Waals surface area (Å²) in [6.07, 6.45) is -0.246. The second-order valence-electron chi connectivity index (χ2n) is 2.97. The van der Waals surface area contributed by atoms with Gasteiger partial charge in [-0.15, -0.1) is 0 Å². The zero-order chi connectivity index (χ0) is 7.56. The van der Waals surface area contributed by atoms with Crippen molar-refractivity contribution < 1.29 is 9.84 Å². The van der Waals surface area contributed by atoms with Crippen molar-refractivity contribution in [3.63, 3.8) is 0 Å². The first-order chi connectivity index (χ1) is 4.70. The lowest BCUT2D eigenvalue weighted by Crippen LogP contribution is -2.34. The van der Waals surface area contributed by atoms with Gasteiger partial charge < -0.3 is 9.84 Å². The molecule has 0 saturated carbocycles. The van der Waals surface area contributed by atoms with Crippen molar-refractivity contribution in [3.8, 4) is 0 Å². The van der Waals surface area contributed by atoms with E-state index in [1.807, 2.05) is 0 Å². The maximum absolute atomic E-state index is 9.03. The van der Waals surface area contributed by atoms with E-state index in [2.05, 4.69) is 11.8 Å². The monoisotopic (exact) mass is 145 g/mol. The molecule has 60 valence electrons. The van der Waals surface area contributed by atoms with E-state index < -0.39 is 0 Å². The van der Waals surface area contributed by atoms with Gasteiger partial charge in [-0.25, -0.2) is 0 Å². The van der Waals surface area contributed by atoms with Gasteiger partial charge in [-0.05, 0) is 13.8 Å². The SMILES string of the molecule is CC(O)CN1COCC1C. The number of rotatable bonds is 2. The zero-order valence-corrected chi connectivity index (χ0v) is 6.58. The first-order valence-corrected chi connectivity index (χ1v) is 3.70. The number of aliphatic hydroxyl groups excluding tert-OH is 1. The smallest absolute Gasteiger partial charge is 0.0994 e. The molecular formula is C7H15NO2. The van der Waals surface area contributed by atoms with Gasteiger partial charge in [0.1, 0.15) is 0 Å². The van der Waals surface area contributed by atoms with Crippen LogP contribution in [-0.2, 0) is 4.74 Å². The number of nitrogens with zero attached hydrogens (tertiary/aromatic N) is 1. The molecule has 3 heteroatoms. The molecule has 0 spiro atoms. The van der Waals surface area contributed by atoms with E-state index in [1.54, 1.807) is 6.92 Å². The first-order valence-electron chi connectivity index (χ1n) is 3.70. The van der Waals surface area contributed by atoms with E-state index in [9.17, 15) is 0 Å². The number of aliphatic hydroxyl groups is 1. The molecular weight excluding hydrogens is 130 g/mol. The van der Waals surface area contributed by atoms with Gasteiger partial charge in [0.15, 0.2) is 0 Å². The Hall–Kier alpha value is -0.120. The van der Waals surface area contributed by atoms with Gasteiger partial charge in [0.05, 0.1) is 19.4 Å². The summed E-state index contributed by atoms with van der Waals surface area (Å²) in [6, 6.07) is 0.467. The number of hydrogen-bond donors (Lipinski definition) is 1. The molecule has 3 nitrogen and oxygen atoms in total. The molecule has 2 atom stereocenters. The summed E-state index contributed by atoms with van der Waals surface area (Å²) in [5.41, 5.74) is 0. The van der Waals surface area contributed by atoms with Crippen LogP contribution in [0.1, 0.15) is 13.8 Å². The number of hydrogen-bond acceptors (Lipinski definition) is 3. The summed E-state index contributed by atoms with van der Waals surface area (Å²) in [7, 11) is 0. The van der Waals surface area contributed by atoms with Crippen molar-refractivity contribution in [1.29, 1.82) is 0 Å². The molecule has 0 aliphatic carbocycles. The highest BCUT2D eigenvalue weighted by molar-refractivity contribution is 4.70. The van der Waals surface area contributed by atoms with Crippen LogP contribution in [0, 0.1) is 0 Å². The van der Waals surface area contributed by atoms with Crippen molar-refractivity contribution in [3.05, 3.63) is 0 Å². The maximum Gasteiger partial charge on any atom is 0.0994 e. The normalized spacial score (nSPS) is 30.9. The van der Waals surface area contributed by atoms with Gasteiger partial charge in [0.25, 0.3) is 0 Å². The van der Waals surface area contributed by atoms with Crippen LogP contribution >= 0.6 is 0 Å². The highest BCUT2D eigenvalue weighted by Crippen LogP contribution is 2.08. The Morgan fingerprint density at radius 2 is 2.50 bits per heavy atom. The third kappa shape index (κ3) is 1.94. The Morgan fingerprint density at radius 3 is 2.90 bits per heavy atom. The van der Waals surface area contributed by atoms with Crippen molar-refractivity contribution in [2.75, 3.05) is 19.9 Å². The van der Waals surface area contributed by atoms with Crippen LogP contribution in [-0.4, -0.2) is 42.0 Å². The molecule has 2 unspecified atom stereocenters. The minimum atomic E-state index is -0.246. The highest BCUT2D eigenvalue weighted by Gasteiger charge is 2.21. The summed E-state index contributed by atoms with van der Waals surface area (Å²) in [4.78, 5) is 2.13. The summed E-state index contributed by atoms with van der Waals surface area (Å²) >= 11 is 0. The molecule has 1 rings (SSSR count). The van der Waals surface area contributed by atoms with Crippen LogP contribution in [0.3, 0.4) is 0 Å². The molecule has 0 bridgehead atoms. The fraction of sp³-hybridized carbons (Fsp3) is 1.00. The molecule has 1 aliphatic heterocycles. The Balaban J connectivity index is 2.26. The van der Waals surface area contributed by atoms with E-state index in [0.717, 1.165) is 13.2 Å². The van der Waals surface area contributed by atoms with E-state index in [1.165, 1.54) is 0 Å². The topological polar surface area (TPSA) is 32.7 Å². The number of ether oxygens (including phenoxy) is 1. The van der Waals surface area contributed by atoms with Crippen LogP contribution in [0.25, 0.3) is 0 Å². The average molecular weight is 145 g/mol. The molecule has 1 saturated heterocycles. The van der Waals surface area contributed by atoms with E-state index in [0.29, 0.717) is 12.8 Å². The van der Waals surface area contributed by atoms with E-state index >= 15 is 0 Å². The molecule has 0 amide bonds. The molecule has 1 N–H and O–H groups in total. The lowest BCUT2D eigenvalue weighted by molar-refractivity contribution is 0.0890. The lowest BCUT2D eigenvalue weighted by Gasteiger charge is -2.19. The van der Waals surface area contributed by atoms with Crippen LogP contribution in [0.4, 0.5) is 0 Å². The van der Waals surface area contributed by atoms with Gasteiger partial charge in [-0.1, -0.05) is 0 Å². The molecule has 0 aromatic heterocycles. The molecule has 0 aromatic carbocycles. The Labute approximate surface area is 61.6 Å². The Kier molecular flexibility index (Phi) is 2.65. The summed E-state index contributed by atoms with van der Waals surface area (Å²) in [5, 5.41) is 9.03.